The number of thioether (sulfide) groups is 1. The Kier molecular flexibility index (Phi) is 5.94. The number of hydrogen-bond acceptors (Lipinski definition) is 7. The molecule has 0 unspecified atom stereocenters. The maximum Gasteiger partial charge on any atom is 0.354 e. The molecule has 0 aliphatic rings. The van der Waals surface area contributed by atoms with Crippen LogP contribution >= 0.6 is 23.7 Å². The third-order valence-corrected chi connectivity index (χ3v) is 4.60. The van der Waals surface area contributed by atoms with Gasteiger partial charge in [-0.05, 0) is 47.3 Å². The summed E-state index contributed by atoms with van der Waals surface area (Å²) in [5.41, 5.74) is 9.57. The van der Waals surface area contributed by atoms with Crippen molar-refractivity contribution in [2.24, 2.45) is 16.7 Å². The molecular formula is C15H16N4O2S2. The Hall–Kier alpha value is -2.13. The minimum Gasteiger partial charge on any atom is -0.477 e. The second-order valence-corrected chi connectivity index (χ2v) is 6.25. The topological polar surface area (TPSA) is 127 Å². The van der Waals surface area contributed by atoms with Gasteiger partial charge in [0.25, 0.3) is 0 Å². The van der Waals surface area contributed by atoms with Gasteiger partial charge in [0, 0.05) is 9.79 Å². The average Bonchev–Trinajstić information content (AvgIpc) is 2.59. The highest BCUT2D eigenvalue weighted by Crippen LogP contribution is 2.29. The summed E-state index contributed by atoms with van der Waals surface area (Å²) in [5, 5.41) is 14.6. The zero-order chi connectivity index (χ0) is 16.8. The fourth-order valence-electron chi connectivity index (χ4n) is 1.82. The van der Waals surface area contributed by atoms with Gasteiger partial charge in [-0.15, -0.1) is 0 Å². The standard InChI is InChI=1S/C15H16N4O2S2/c16-13(15(20)21)14(19-17)22-11-5-1-9(2-6-11)10-3-7-12(23-18)8-4-10/h1-8,19H,16-18H2,(H,20,21)/b14-13+. The summed E-state index contributed by atoms with van der Waals surface area (Å²) in [4.78, 5) is 12.7. The molecule has 0 aromatic heterocycles. The monoisotopic (exact) mass is 348 g/mol. The SMILES string of the molecule is NN/C(Sc1ccc(-c2ccc(SN)cc2)cc1)=C(\N)C(=O)O. The molecule has 0 saturated carbocycles. The molecule has 0 aliphatic carbocycles. The van der Waals surface area contributed by atoms with E-state index in [1.165, 1.54) is 11.9 Å². The predicted octanol–water partition coefficient (Wildman–Crippen LogP) is 2.09. The van der Waals surface area contributed by atoms with Gasteiger partial charge in [0.05, 0.1) is 0 Å². The van der Waals surface area contributed by atoms with Gasteiger partial charge in [0.2, 0.25) is 0 Å². The molecule has 0 aliphatic heterocycles. The number of carboxylic acids is 1. The molecule has 8 N–H and O–H groups in total. The van der Waals surface area contributed by atoms with Crippen LogP contribution in [0.4, 0.5) is 0 Å². The minimum absolute atomic E-state index is 0.189. The molecular weight excluding hydrogens is 332 g/mol. The molecule has 23 heavy (non-hydrogen) atoms. The van der Waals surface area contributed by atoms with Gasteiger partial charge in [-0.25, -0.2) is 10.6 Å². The van der Waals surface area contributed by atoms with E-state index in [0.29, 0.717) is 0 Å². The fraction of sp³-hybridized carbons (Fsp3) is 0. The first kappa shape index (κ1) is 17.2. The van der Waals surface area contributed by atoms with Crippen molar-refractivity contribution < 1.29 is 9.90 Å². The van der Waals surface area contributed by atoms with Crippen molar-refractivity contribution in [3.05, 3.63) is 59.3 Å². The van der Waals surface area contributed by atoms with E-state index in [0.717, 1.165) is 32.7 Å². The lowest BCUT2D eigenvalue weighted by molar-refractivity contribution is -0.132. The second kappa shape index (κ2) is 7.93. The average molecular weight is 348 g/mol. The van der Waals surface area contributed by atoms with Crippen LogP contribution in [0.25, 0.3) is 11.1 Å². The third kappa shape index (κ3) is 4.42. The van der Waals surface area contributed by atoms with Crippen molar-refractivity contribution in [1.29, 1.82) is 0 Å². The van der Waals surface area contributed by atoms with Crippen LogP contribution in [0.1, 0.15) is 0 Å². The summed E-state index contributed by atoms with van der Waals surface area (Å²) in [5.74, 6) is 4.10. The van der Waals surface area contributed by atoms with Gasteiger partial charge in [0.1, 0.15) is 10.7 Å². The van der Waals surface area contributed by atoms with Gasteiger partial charge in [0.15, 0.2) is 0 Å². The molecule has 120 valence electrons. The van der Waals surface area contributed by atoms with Crippen molar-refractivity contribution in [1.82, 2.24) is 5.43 Å². The number of hydrogen-bond donors (Lipinski definition) is 5. The van der Waals surface area contributed by atoms with Gasteiger partial charge < -0.3 is 16.3 Å². The van der Waals surface area contributed by atoms with Crippen molar-refractivity contribution in [3.8, 4) is 11.1 Å². The Morgan fingerprint density at radius 2 is 1.43 bits per heavy atom. The van der Waals surface area contributed by atoms with E-state index >= 15 is 0 Å². The maximum absolute atomic E-state index is 10.9. The fourth-order valence-corrected chi connectivity index (χ4v) is 2.88. The van der Waals surface area contributed by atoms with Crippen molar-refractivity contribution in [2.75, 3.05) is 0 Å². The lowest BCUT2D eigenvalue weighted by atomic mass is 10.1. The van der Waals surface area contributed by atoms with Crippen molar-refractivity contribution in [2.45, 2.75) is 9.79 Å². The third-order valence-electron chi connectivity index (χ3n) is 3.00. The summed E-state index contributed by atoms with van der Waals surface area (Å²) < 4.78 is 0. The number of benzene rings is 2. The molecule has 0 saturated heterocycles. The normalized spacial score (nSPS) is 11.7. The number of carboxylic acid groups (broad SMARTS) is 1. The molecule has 6 nitrogen and oxygen atoms in total. The van der Waals surface area contributed by atoms with E-state index in [9.17, 15) is 4.79 Å². The van der Waals surface area contributed by atoms with Crippen LogP contribution in [0, 0.1) is 0 Å². The summed E-state index contributed by atoms with van der Waals surface area (Å²) in [6, 6.07) is 15.5. The van der Waals surface area contributed by atoms with Crippen molar-refractivity contribution in [3.63, 3.8) is 0 Å². The van der Waals surface area contributed by atoms with Crippen LogP contribution in [0.3, 0.4) is 0 Å². The van der Waals surface area contributed by atoms with E-state index in [-0.39, 0.29) is 10.7 Å². The Bertz CT molecular complexity index is 715. The molecule has 0 bridgehead atoms. The number of hydrazine groups is 1. The maximum atomic E-state index is 10.9. The first-order chi connectivity index (χ1) is 11.0. The van der Waals surface area contributed by atoms with Crippen LogP contribution in [0.5, 0.6) is 0 Å². The van der Waals surface area contributed by atoms with Crippen LogP contribution in [0.2, 0.25) is 0 Å². The van der Waals surface area contributed by atoms with E-state index in [1.54, 1.807) is 0 Å². The van der Waals surface area contributed by atoms with Crippen LogP contribution in [-0.4, -0.2) is 11.1 Å². The number of nitrogens with one attached hydrogen (secondary N) is 1. The molecule has 0 spiro atoms. The summed E-state index contributed by atoms with van der Waals surface area (Å²) >= 11 is 2.36. The van der Waals surface area contributed by atoms with Crippen molar-refractivity contribution >= 4 is 29.7 Å². The quantitative estimate of drug-likeness (QED) is 0.176. The molecule has 0 radical (unpaired) electrons. The van der Waals surface area contributed by atoms with Crippen LogP contribution < -0.4 is 22.1 Å². The van der Waals surface area contributed by atoms with E-state index in [1.807, 2.05) is 48.5 Å². The highest BCUT2D eigenvalue weighted by atomic mass is 32.2. The van der Waals surface area contributed by atoms with Gasteiger partial charge in [-0.2, -0.15) is 0 Å². The summed E-state index contributed by atoms with van der Waals surface area (Å²) in [7, 11) is 0. The Morgan fingerprint density at radius 3 is 1.83 bits per heavy atom. The zero-order valence-electron chi connectivity index (χ0n) is 12.0. The molecule has 0 fully saturated rings. The van der Waals surface area contributed by atoms with Gasteiger partial charge in [-0.1, -0.05) is 36.0 Å². The Labute approximate surface area is 142 Å². The first-order valence-electron chi connectivity index (χ1n) is 6.50. The van der Waals surface area contributed by atoms with Gasteiger partial charge in [-0.3, -0.25) is 5.14 Å². The molecule has 2 aromatic rings. The largest absolute Gasteiger partial charge is 0.477 e. The second-order valence-electron chi connectivity index (χ2n) is 4.46. The smallest absolute Gasteiger partial charge is 0.354 e. The number of rotatable bonds is 6. The summed E-state index contributed by atoms with van der Waals surface area (Å²) in [6.07, 6.45) is 0. The number of aliphatic carboxylic acids is 1. The zero-order valence-corrected chi connectivity index (χ0v) is 13.7. The van der Waals surface area contributed by atoms with E-state index in [2.05, 4.69) is 5.43 Å². The Balaban J connectivity index is 2.18. The van der Waals surface area contributed by atoms with E-state index in [4.69, 9.17) is 21.8 Å². The number of nitrogens with two attached hydrogens (primary N) is 3. The molecule has 0 heterocycles. The predicted molar refractivity (Wildman–Crippen MR) is 94.0 cm³/mol. The minimum atomic E-state index is -1.22. The lowest BCUT2D eigenvalue weighted by Crippen LogP contribution is -2.26. The Morgan fingerprint density at radius 1 is 0.957 bits per heavy atom. The molecule has 8 heteroatoms. The summed E-state index contributed by atoms with van der Waals surface area (Å²) in [6.45, 7) is 0. The van der Waals surface area contributed by atoms with Crippen LogP contribution in [-0.2, 0) is 4.79 Å². The molecule has 0 amide bonds. The van der Waals surface area contributed by atoms with Crippen LogP contribution in [0.15, 0.2) is 69.0 Å². The molecule has 0 atom stereocenters. The highest BCUT2D eigenvalue weighted by Gasteiger charge is 2.11. The lowest BCUT2D eigenvalue weighted by Gasteiger charge is -2.09. The first-order valence-corrected chi connectivity index (χ1v) is 8.19. The van der Waals surface area contributed by atoms with E-state index < -0.39 is 5.97 Å². The van der Waals surface area contributed by atoms with Gasteiger partial charge >= 0.3 is 5.97 Å². The highest BCUT2D eigenvalue weighted by molar-refractivity contribution is 8.03. The number of carbonyl (C=O) groups is 1. The molecule has 2 aromatic carbocycles. The molecule has 2 rings (SSSR count).